The van der Waals surface area contributed by atoms with E-state index in [-0.39, 0.29) is 0 Å². The zero-order valence-corrected chi connectivity index (χ0v) is 8.16. The maximum Gasteiger partial charge on any atom is 0.0951 e. The lowest BCUT2D eigenvalue weighted by Crippen LogP contribution is -2.13. The largest absolute Gasteiger partial charge is 0.330 e. The molecule has 1 N–H and O–H groups in total. The fraction of sp³-hybridized carbons (Fsp3) is 0.700. The third-order valence-corrected chi connectivity index (χ3v) is 2.82. The van der Waals surface area contributed by atoms with E-state index < -0.39 is 0 Å². The van der Waals surface area contributed by atoms with Crippen LogP contribution in [-0.4, -0.2) is 16.6 Å². The van der Waals surface area contributed by atoms with E-state index in [2.05, 4.69) is 14.9 Å². The Morgan fingerprint density at radius 2 is 2.31 bits per heavy atom. The highest BCUT2D eigenvalue weighted by Gasteiger charge is 2.18. The van der Waals surface area contributed by atoms with Gasteiger partial charge in [0.1, 0.15) is 0 Å². The van der Waals surface area contributed by atoms with Gasteiger partial charge < -0.3 is 9.88 Å². The summed E-state index contributed by atoms with van der Waals surface area (Å²) < 4.78 is 2.34. The van der Waals surface area contributed by atoms with Gasteiger partial charge >= 0.3 is 0 Å². The molecule has 0 spiro atoms. The first kappa shape index (κ1) is 8.75. The second-order valence-electron chi connectivity index (χ2n) is 3.76. The molecule has 1 fully saturated rings. The van der Waals surface area contributed by atoms with Crippen LogP contribution in [0, 0.1) is 0 Å². The molecule has 2 rings (SSSR count). The normalized spacial score (nSPS) is 18.2. The molecular weight excluding hydrogens is 162 g/mol. The van der Waals surface area contributed by atoms with Crippen molar-refractivity contribution >= 4 is 0 Å². The van der Waals surface area contributed by atoms with Crippen molar-refractivity contribution in [2.75, 3.05) is 7.05 Å². The van der Waals surface area contributed by atoms with Gasteiger partial charge in [-0.15, -0.1) is 0 Å². The molecule has 1 aliphatic carbocycles. The van der Waals surface area contributed by atoms with Crippen LogP contribution in [0.3, 0.4) is 0 Å². The molecular formula is C10H17N3. The van der Waals surface area contributed by atoms with E-state index in [1.54, 1.807) is 0 Å². The third-order valence-electron chi connectivity index (χ3n) is 2.82. The van der Waals surface area contributed by atoms with Crippen LogP contribution in [0.15, 0.2) is 12.5 Å². The SMILES string of the molecule is CNCc1cncn1C1CCCC1. The van der Waals surface area contributed by atoms with E-state index in [1.807, 2.05) is 19.6 Å². The Bertz CT molecular complexity index is 261. The zero-order chi connectivity index (χ0) is 9.10. The monoisotopic (exact) mass is 179 g/mol. The maximum atomic E-state index is 4.21. The van der Waals surface area contributed by atoms with Gasteiger partial charge in [-0.2, -0.15) is 0 Å². The van der Waals surface area contributed by atoms with Crippen LogP contribution in [0.4, 0.5) is 0 Å². The Hall–Kier alpha value is -0.830. The topological polar surface area (TPSA) is 29.9 Å². The fourth-order valence-electron chi connectivity index (χ4n) is 2.16. The van der Waals surface area contributed by atoms with E-state index in [0.717, 1.165) is 6.54 Å². The summed E-state index contributed by atoms with van der Waals surface area (Å²) in [5, 5.41) is 3.17. The molecule has 1 saturated carbocycles. The van der Waals surface area contributed by atoms with E-state index in [4.69, 9.17) is 0 Å². The van der Waals surface area contributed by atoms with Gasteiger partial charge in [-0.1, -0.05) is 12.8 Å². The van der Waals surface area contributed by atoms with Crippen LogP contribution in [0.25, 0.3) is 0 Å². The molecule has 0 amide bonds. The number of rotatable bonds is 3. The minimum Gasteiger partial charge on any atom is -0.330 e. The number of imidazole rings is 1. The van der Waals surface area contributed by atoms with Crippen LogP contribution in [0.5, 0.6) is 0 Å². The molecule has 1 aromatic heterocycles. The van der Waals surface area contributed by atoms with Gasteiger partial charge in [0.15, 0.2) is 0 Å². The van der Waals surface area contributed by atoms with Crippen molar-refractivity contribution in [3.05, 3.63) is 18.2 Å². The Balaban J connectivity index is 2.13. The smallest absolute Gasteiger partial charge is 0.0951 e. The van der Waals surface area contributed by atoms with Gasteiger partial charge in [0.05, 0.1) is 12.0 Å². The Labute approximate surface area is 79.2 Å². The molecule has 0 aliphatic heterocycles. The number of hydrogen-bond donors (Lipinski definition) is 1. The van der Waals surface area contributed by atoms with Gasteiger partial charge in [0.25, 0.3) is 0 Å². The quantitative estimate of drug-likeness (QED) is 0.765. The van der Waals surface area contributed by atoms with E-state index in [0.29, 0.717) is 6.04 Å². The van der Waals surface area contributed by atoms with Gasteiger partial charge in [-0.05, 0) is 19.9 Å². The minimum atomic E-state index is 0.714. The van der Waals surface area contributed by atoms with Crippen molar-refractivity contribution in [3.63, 3.8) is 0 Å². The molecule has 1 heterocycles. The lowest BCUT2D eigenvalue weighted by molar-refractivity contribution is 0.495. The van der Waals surface area contributed by atoms with Crippen molar-refractivity contribution in [3.8, 4) is 0 Å². The number of hydrogen-bond acceptors (Lipinski definition) is 2. The summed E-state index contributed by atoms with van der Waals surface area (Å²) in [6.45, 7) is 0.927. The molecule has 1 aromatic rings. The number of aromatic nitrogens is 2. The van der Waals surface area contributed by atoms with Crippen molar-refractivity contribution < 1.29 is 0 Å². The highest BCUT2D eigenvalue weighted by Crippen LogP contribution is 2.30. The predicted molar refractivity (Wildman–Crippen MR) is 52.5 cm³/mol. The molecule has 13 heavy (non-hydrogen) atoms. The van der Waals surface area contributed by atoms with Crippen molar-refractivity contribution in [2.45, 2.75) is 38.3 Å². The second kappa shape index (κ2) is 3.92. The summed E-state index contributed by atoms with van der Waals surface area (Å²) in [5.74, 6) is 0. The van der Waals surface area contributed by atoms with Crippen molar-refractivity contribution in [2.24, 2.45) is 0 Å². The van der Waals surface area contributed by atoms with Gasteiger partial charge in [-0.25, -0.2) is 4.98 Å². The summed E-state index contributed by atoms with van der Waals surface area (Å²) in [6.07, 6.45) is 9.35. The Morgan fingerprint density at radius 3 is 3.00 bits per heavy atom. The number of nitrogens with zero attached hydrogens (tertiary/aromatic N) is 2. The van der Waals surface area contributed by atoms with Crippen LogP contribution < -0.4 is 5.32 Å². The second-order valence-corrected chi connectivity index (χ2v) is 3.76. The molecule has 3 heteroatoms. The zero-order valence-electron chi connectivity index (χ0n) is 8.16. The molecule has 0 bridgehead atoms. The maximum absolute atomic E-state index is 4.21. The lowest BCUT2D eigenvalue weighted by atomic mass is 10.2. The van der Waals surface area contributed by atoms with Gasteiger partial charge in [0, 0.05) is 18.8 Å². The molecule has 0 unspecified atom stereocenters. The third kappa shape index (κ3) is 1.75. The predicted octanol–water partition coefficient (Wildman–Crippen LogP) is 1.72. The van der Waals surface area contributed by atoms with Crippen molar-refractivity contribution in [1.82, 2.24) is 14.9 Å². The highest BCUT2D eigenvalue weighted by atomic mass is 15.1. The molecule has 0 saturated heterocycles. The molecule has 72 valence electrons. The number of nitrogens with one attached hydrogen (secondary N) is 1. The molecule has 0 atom stereocenters. The summed E-state index contributed by atoms with van der Waals surface area (Å²) in [5.41, 5.74) is 1.31. The summed E-state index contributed by atoms with van der Waals surface area (Å²) >= 11 is 0. The molecule has 0 aromatic carbocycles. The fourth-order valence-corrected chi connectivity index (χ4v) is 2.16. The summed E-state index contributed by atoms with van der Waals surface area (Å²) in [4.78, 5) is 4.21. The highest BCUT2D eigenvalue weighted by molar-refractivity contribution is 5.00. The van der Waals surface area contributed by atoms with E-state index in [9.17, 15) is 0 Å². The molecule has 0 radical (unpaired) electrons. The van der Waals surface area contributed by atoms with Crippen LogP contribution in [0.2, 0.25) is 0 Å². The van der Waals surface area contributed by atoms with Gasteiger partial charge in [-0.3, -0.25) is 0 Å². The molecule has 1 aliphatic rings. The standard InChI is InChI=1S/C10H17N3/c1-11-6-10-7-12-8-13(10)9-4-2-3-5-9/h7-9,11H,2-6H2,1H3. The first-order chi connectivity index (χ1) is 6.42. The molecule has 3 nitrogen and oxygen atoms in total. The Kier molecular flexibility index (Phi) is 2.64. The summed E-state index contributed by atoms with van der Waals surface area (Å²) in [6, 6.07) is 0.714. The first-order valence-corrected chi connectivity index (χ1v) is 5.07. The minimum absolute atomic E-state index is 0.714. The van der Waals surface area contributed by atoms with Gasteiger partial charge in [0.2, 0.25) is 0 Å². The first-order valence-electron chi connectivity index (χ1n) is 5.07. The van der Waals surface area contributed by atoms with Crippen LogP contribution in [0.1, 0.15) is 37.4 Å². The van der Waals surface area contributed by atoms with Crippen LogP contribution >= 0.6 is 0 Å². The van der Waals surface area contributed by atoms with Crippen molar-refractivity contribution in [1.29, 1.82) is 0 Å². The average molecular weight is 179 g/mol. The van der Waals surface area contributed by atoms with Crippen LogP contribution in [-0.2, 0) is 6.54 Å². The Morgan fingerprint density at radius 1 is 1.54 bits per heavy atom. The van der Waals surface area contributed by atoms with E-state index >= 15 is 0 Å². The van der Waals surface area contributed by atoms with E-state index in [1.165, 1.54) is 31.4 Å². The summed E-state index contributed by atoms with van der Waals surface area (Å²) in [7, 11) is 1.98. The average Bonchev–Trinajstić information content (AvgIpc) is 2.71. The lowest BCUT2D eigenvalue weighted by Gasteiger charge is -2.14.